The van der Waals surface area contributed by atoms with Crippen LogP contribution >= 0.6 is 0 Å². The fourth-order valence-electron chi connectivity index (χ4n) is 4.61. The minimum atomic E-state index is -0.307. The number of rotatable bonds is 4. The van der Waals surface area contributed by atoms with Crippen molar-refractivity contribution in [2.24, 2.45) is 7.05 Å². The molecule has 1 aromatic carbocycles. The Morgan fingerprint density at radius 2 is 1.94 bits per heavy atom. The number of amides is 1. The average molecular weight is 464 g/mol. The van der Waals surface area contributed by atoms with Crippen molar-refractivity contribution in [2.45, 2.75) is 13.5 Å². The van der Waals surface area contributed by atoms with Gasteiger partial charge in [-0.3, -0.25) is 19.2 Å². The van der Waals surface area contributed by atoms with Crippen LogP contribution in [0.25, 0.3) is 21.8 Å². The first kappa shape index (κ1) is 22.0. The molecular formula is C24H26FN7O2. The number of fused-ring (bicyclic) bond motifs is 3. The van der Waals surface area contributed by atoms with Gasteiger partial charge in [-0.25, -0.2) is 9.37 Å². The highest BCUT2D eigenvalue weighted by Crippen LogP contribution is 2.25. The van der Waals surface area contributed by atoms with E-state index in [1.807, 2.05) is 13.0 Å². The van der Waals surface area contributed by atoms with Gasteiger partial charge in [-0.1, -0.05) is 0 Å². The first-order valence-corrected chi connectivity index (χ1v) is 11.2. The highest BCUT2D eigenvalue weighted by atomic mass is 19.1. The third kappa shape index (κ3) is 3.90. The molecule has 176 valence electrons. The van der Waals surface area contributed by atoms with Gasteiger partial charge in [0.1, 0.15) is 17.0 Å². The van der Waals surface area contributed by atoms with Crippen molar-refractivity contribution in [3.05, 3.63) is 63.6 Å². The van der Waals surface area contributed by atoms with Crippen LogP contribution in [0.5, 0.6) is 0 Å². The molecule has 0 unspecified atom stereocenters. The van der Waals surface area contributed by atoms with Crippen LogP contribution in [0.4, 0.5) is 10.1 Å². The summed E-state index contributed by atoms with van der Waals surface area (Å²) in [5, 5.41) is 7.98. The van der Waals surface area contributed by atoms with Crippen molar-refractivity contribution < 1.29 is 9.18 Å². The molecule has 3 aromatic heterocycles. The molecule has 1 aliphatic rings. The monoisotopic (exact) mass is 463 g/mol. The quantitative estimate of drug-likeness (QED) is 0.480. The second-order valence-corrected chi connectivity index (χ2v) is 8.65. The first-order chi connectivity index (χ1) is 16.3. The van der Waals surface area contributed by atoms with Crippen molar-refractivity contribution in [3.8, 4) is 0 Å². The molecule has 0 radical (unpaired) electrons. The molecule has 0 spiro atoms. The lowest BCUT2D eigenvalue weighted by Crippen LogP contribution is -2.46. The summed E-state index contributed by atoms with van der Waals surface area (Å²) >= 11 is 0. The number of aromatic nitrogens is 4. The van der Waals surface area contributed by atoms with Crippen LogP contribution in [0, 0.1) is 12.7 Å². The number of hydrogen-bond donors (Lipinski definition) is 2. The van der Waals surface area contributed by atoms with Gasteiger partial charge in [0.25, 0.3) is 11.5 Å². The van der Waals surface area contributed by atoms with Crippen molar-refractivity contribution in [2.75, 3.05) is 38.1 Å². The van der Waals surface area contributed by atoms with Gasteiger partial charge in [-0.2, -0.15) is 5.10 Å². The van der Waals surface area contributed by atoms with Gasteiger partial charge in [0.2, 0.25) is 0 Å². The van der Waals surface area contributed by atoms with Crippen molar-refractivity contribution in [3.63, 3.8) is 0 Å². The van der Waals surface area contributed by atoms with Crippen LogP contribution in [0.1, 0.15) is 21.7 Å². The van der Waals surface area contributed by atoms with E-state index in [9.17, 15) is 9.59 Å². The molecule has 0 bridgehead atoms. The molecule has 1 aliphatic heterocycles. The number of benzene rings is 1. The number of aromatic amines is 1. The SMILES string of the molecule is CNC(=O)c1ccc(N2CCN(Cc3cc4[nH]c(=O)c5cn(C)nc5c4cc3F)CC2)c(C)n1. The Labute approximate surface area is 195 Å². The number of carbonyl (C=O) groups is 1. The summed E-state index contributed by atoms with van der Waals surface area (Å²) in [6.07, 6.45) is 1.64. The zero-order valence-corrected chi connectivity index (χ0v) is 19.4. The lowest BCUT2D eigenvalue weighted by atomic mass is 10.1. The van der Waals surface area contributed by atoms with Crippen LogP contribution < -0.4 is 15.8 Å². The van der Waals surface area contributed by atoms with E-state index in [0.717, 1.165) is 37.6 Å². The molecule has 4 heterocycles. The molecule has 0 atom stereocenters. The van der Waals surface area contributed by atoms with Crippen LogP contribution in [0.15, 0.2) is 35.3 Å². The van der Waals surface area contributed by atoms with Crippen molar-refractivity contribution in [1.82, 2.24) is 30.0 Å². The Balaban J connectivity index is 1.32. The Morgan fingerprint density at radius 3 is 2.65 bits per heavy atom. The van der Waals surface area contributed by atoms with Gasteiger partial charge in [0, 0.05) is 64.0 Å². The van der Waals surface area contributed by atoms with Crippen LogP contribution in [-0.4, -0.2) is 63.8 Å². The standard InChI is InChI=1S/C24H26FN7O2/c1-14-21(5-4-19(27-14)24(34)26-2)32-8-6-31(7-9-32)12-15-10-20-16(11-18(15)25)22-17(23(33)28-20)13-30(3)29-22/h4-5,10-11,13H,6-9,12H2,1-3H3,(H,26,34)(H,28,33). The number of nitrogens with one attached hydrogen (secondary N) is 2. The van der Waals surface area contributed by atoms with Gasteiger partial charge < -0.3 is 15.2 Å². The maximum Gasteiger partial charge on any atom is 0.269 e. The topological polar surface area (TPSA) is 99.2 Å². The third-order valence-corrected chi connectivity index (χ3v) is 6.39. The van der Waals surface area contributed by atoms with E-state index >= 15 is 4.39 Å². The average Bonchev–Trinajstić information content (AvgIpc) is 3.23. The number of hydrogen-bond acceptors (Lipinski definition) is 6. The summed E-state index contributed by atoms with van der Waals surface area (Å²) < 4.78 is 16.6. The van der Waals surface area contributed by atoms with E-state index in [4.69, 9.17) is 0 Å². The first-order valence-electron chi connectivity index (χ1n) is 11.2. The summed E-state index contributed by atoms with van der Waals surface area (Å²) in [6, 6.07) is 6.85. The van der Waals surface area contributed by atoms with Gasteiger partial charge >= 0.3 is 0 Å². The molecule has 2 N–H and O–H groups in total. The third-order valence-electron chi connectivity index (χ3n) is 6.39. The fraction of sp³-hybridized carbons (Fsp3) is 0.333. The van der Waals surface area contributed by atoms with Gasteiger partial charge in [-0.05, 0) is 31.2 Å². The zero-order valence-electron chi connectivity index (χ0n) is 19.4. The van der Waals surface area contributed by atoms with E-state index < -0.39 is 0 Å². The van der Waals surface area contributed by atoms with Gasteiger partial charge in [-0.15, -0.1) is 0 Å². The second-order valence-electron chi connectivity index (χ2n) is 8.65. The van der Waals surface area contributed by atoms with E-state index in [1.54, 1.807) is 37.1 Å². The maximum absolute atomic E-state index is 15.0. The van der Waals surface area contributed by atoms with Crippen molar-refractivity contribution >= 4 is 33.4 Å². The smallest absolute Gasteiger partial charge is 0.269 e. The summed E-state index contributed by atoms with van der Waals surface area (Å²) in [6.45, 7) is 5.39. The molecule has 5 rings (SSSR count). The van der Waals surface area contributed by atoms with E-state index in [1.165, 1.54) is 6.07 Å². The second kappa shape index (κ2) is 8.53. The van der Waals surface area contributed by atoms with Crippen LogP contribution in [0.2, 0.25) is 0 Å². The summed E-state index contributed by atoms with van der Waals surface area (Å²) in [5.74, 6) is -0.513. The molecule has 0 saturated carbocycles. The minimum Gasteiger partial charge on any atom is -0.368 e. The Morgan fingerprint density at radius 1 is 1.18 bits per heavy atom. The molecular weight excluding hydrogens is 437 g/mol. The van der Waals surface area contributed by atoms with Crippen LogP contribution in [-0.2, 0) is 13.6 Å². The lowest BCUT2D eigenvalue weighted by Gasteiger charge is -2.36. The van der Waals surface area contributed by atoms with Crippen molar-refractivity contribution in [1.29, 1.82) is 0 Å². The number of piperazine rings is 1. The molecule has 1 fully saturated rings. The molecule has 4 aromatic rings. The summed E-state index contributed by atoms with van der Waals surface area (Å²) in [7, 11) is 3.32. The highest BCUT2D eigenvalue weighted by Gasteiger charge is 2.21. The zero-order chi connectivity index (χ0) is 24.0. The normalized spacial score (nSPS) is 14.8. The summed E-state index contributed by atoms with van der Waals surface area (Å²) in [4.78, 5) is 36.0. The number of aryl methyl sites for hydroxylation is 2. The predicted octanol–water partition coefficient (Wildman–Crippen LogP) is 1.94. The fourth-order valence-corrected chi connectivity index (χ4v) is 4.61. The largest absolute Gasteiger partial charge is 0.368 e. The Hall–Kier alpha value is -3.79. The maximum atomic E-state index is 15.0. The molecule has 1 amide bonds. The number of nitrogens with zero attached hydrogens (tertiary/aromatic N) is 5. The molecule has 1 saturated heterocycles. The lowest BCUT2D eigenvalue weighted by molar-refractivity contribution is 0.0958. The highest BCUT2D eigenvalue weighted by molar-refractivity contribution is 6.02. The number of H-pyrrole nitrogens is 1. The number of anilines is 1. The number of halogens is 1. The van der Waals surface area contributed by atoms with E-state index in [0.29, 0.717) is 39.6 Å². The Bertz CT molecular complexity index is 1470. The van der Waals surface area contributed by atoms with E-state index in [-0.39, 0.29) is 17.3 Å². The minimum absolute atomic E-state index is 0.206. The predicted molar refractivity (Wildman–Crippen MR) is 129 cm³/mol. The number of pyridine rings is 2. The molecule has 34 heavy (non-hydrogen) atoms. The van der Waals surface area contributed by atoms with Gasteiger partial charge in [0.05, 0.1) is 22.3 Å². The Kier molecular flexibility index (Phi) is 5.52. The van der Waals surface area contributed by atoms with E-state index in [2.05, 4.69) is 30.2 Å². The molecule has 9 nitrogen and oxygen atoms in total. The van der Waals surface area contributed by atoms with Crippen LogP contribution in [0.3, 0.4) is 0 Å². The van der Waals surface area contributed by atoms with Gasteiger partial charge in [0.15, 0.2) is 0 Å². The molecule has 0 aliphatic carbocycles. The molecule has 10 heteroatoms. The number of carbonyl (C=O) groups excluding carboxylic acids is 1. The summed E-state index contributed by atoms with van der Waals surface area (Å²) in [5.41, 5.74) is 3.61.